The Balaban J connectivity index is 1.74. The molecule has 0 aliphatic rings. The molecular formula is C22H25N3O4. The Morgan fingerprint density at radius 1 is 1.03 bits per heavy atom. The fourth-order valence-electron chi connectivity index (χ4n) is 2.82. The van der Waals surface area contributed by atoms with E-state index in [1.807, 2.05) is 26.0 Å². The number of nitrogens with one attached hydrogen (secondary N) is 1. The third-order valence-corrected chi connectivity index (χ3v) is 4.21. The number of benzene rings is 2. The average molecular weight is 395 g/mol. The van der Waals surface area contributed by atoms with Gasteiger partial charge in [-0.2, -0.15) is 5.10 Å². The van der Waals surface area contributed by atoms with Gasteiger partial charge in [0.1, 0.15) is 6.54 Å². The van der Waals surface area contributed by atoms with E-state index in [1.165, 1.54) is 0 Å². The van der Waals surface area contributed by atoms with Gasteiger partial charge in [0.2, 0.25) is 5.91 Å². The van der Waals surface area contributed by atoms with Crippen LogP contribution in [0.5, 0.6) is 11.5 Å². The van der Waals surface area contributed by atoms with Crippen molar-refractivity contribution in [2.24, 2.45) is 0 Å². The summed E-state index contributed by atoms with van der Waals surface area (Å²) in [5, 5.41) is 8.16. The molecule has 0 fully saturated rings. The summed E-state index contributed by atoms with van der Waals surface area (Å²) in [6.07, 6.45) is 3.33. The fourth-order valence-corrected chi connectivity index (χ4v) is 2.82. The third kappa shape index (κ3) is 5.13. The molecule has 0 unspecified atom stereocenters. The molecule has 0 bridgehead atoms. The highest BCUT2D eigenvalue weighted by molar-refractivity contribution is 5.91. The van der Waals surface area contributed by atoms with Crippen LogP contribution >= 0.6 is 0 Å². The number of aromatic nitrogens is 2. The van der Waals surface area contributed by atoms with Crippen molar-refractivity contribution in [3.8, 4) is 11.5 Å². The zero-order valence-electron chi connectivity index (χ0n) is 16.7. The summed E-state index contributed by atoms with van der Waals surface area (Å²) in [7, 11) is 0. The van der Waals surface area contributed by atoms with Crippen LogP contribution in [0.3, 0.4) is 0 Å². The number of fused-ring (bicyclic) bond motifs is 1. The van der Waals surface area contributed by atoms with E-state index in [9.17, 15) is 9.59 Å². The average Bonchev–Trinajstić information content (AvgIpc) is 2.73. The maximum absolute atomic E-state index is 12.5. The SMILES string of the molecule is CCCOc1ccc(NC(=O)Cn2ncc3ccccc3c2=O)cc1OCCC. The second-order valence-corrected chi connectivity index (χ2v) is 6.60. The van der Waals surface area contributed by atoms with E-state index < -0.39 is 0 Å². The number of amides is 1. The van der Waals surface area contributed by atoms with Gasteiger partial charge >= 0.3 is 0 Å². The lowest BCUT2D eigenvalue weighted by molar-refractivity contribution is -0.117. The van der Waals surface area contributed by atoms with Gasteiger partial charge in [-0.15, -0.1) is 0 Å². The van der Waals surface area contributed by atoms with Gasteiger partial charge in [-0.25, -0.2) is 4.68 Å². The predicted molar refractivity (Wildman–Crippen MR) is 113 cm³/mol. The second kappa shape index (κ2) is 9.73. The van der Waals surface area contributed by atoms with Gasteiger partial charge in [0.05, 0.1) is 24.8 Å². The summed E-state index contributed by atoms with van der Waals surface area (Å²) in [5.41, 5.74) is 0.271. The Hall–Kier alpha value is -3.35. The lowest BCUT2D eigenvalue weighted by Gasteiger charge is -2.14. The first-order valence-corrected chi connectivity index (χ1v) is 9.76. The largest absolute Gasteiger partial charge is 0.490 e. The summed E-state index contributed by atoms with van der Waals surface area (Å²) in [5.74, 6) is 0.878. The molecule has 1 N–H and O–H groups in total. The van der Waals surface area contributed by atoms with Gasteiger partial charge in [-0.1, -0.05) is 32.0 Å². The topological polar surface area (TPSA) is 82.5 Å². The van der Waals surface area contributed by atoms with Gasteiger partial charge in [-0.05, 0) is 31.0 Å². The molecule has 2 aromatic carbocycles. The highest BCUT2D eigenvalue weighted by Crippen LogP contribution is 2.31. The highest BCUT2D eigenvalue weighted by Gasteiger charge is 2.11. The van der Waals surface area contributed by atoms with Crippen LogP contribution in [0.25, 0.3) is 10.8 Å². The summed E-state index contributed by atoms with van der Waals surface area (Å²) in [6, 6.07) is 12.4. The van der Waals surface area contributed by atoms with Crippen LogP contribution in [-0.4, -0.2) is 28.9 Å². The Morgan fingerprint density at radius 2 is 1.76 bits per heavy atom. The number of nitrogens with zero attached hydrogens (tertiary/aromatic N) is 2. The molecule has 7 heteroatoms. The van der Waals surface area contributed by atoms with E-state index in [0.717, 1.165) is 22.9 Å². The number of hydrogen-bond donors (Lipinski definition) is 1. The Labute approximate surface area is 169 Å². The molecule has 29 heavy (non-hydrogen) atoms. The van der Waals surface area contributed by atoms with Crippen LogP contribution in [0, 0.1) is 0 Å². The first-order chi connectivity index (χ1) is 14.1. The lowest BCUT2D eigenvalue weighted by atomic mass is 10.2. The van der Waals surface area contributed by atoms with E-state index in [2.05, 4.69) is 10.4 Å². The molecule has 0 saturated heterocycles. The Kier molecular flexibility index (Phi) is 6.84. The smallest absolute Gasteiger partial charge is 0.275 e. The van der Waals surface area contributed by atoms with Gasteiger partial charge in [-0.3, -0.25) is 9.59 Å². The molecule has 1 aromatic heterocycles. The molecule has 152 valence electrons. The van der Waals surface area contributed by atoms with Crippen molar-refractivity contribution in [2.45, 2.75) is 33.2 Å². The summed E-state index contributed by atoms with van der Waals surface area (Å²) >= 11 is 0. The van der Waals surface area contributed by atoms with E-state index in [-0.39, 0.29) is 18.0 Å². The van der Waals surface area contributed by atoms with Gasteiger partial charge in [0.25, 0.3) is 5.56 Å². The van der Waals surface area contributed by atoms with Crippen molar-refractivity contribution in [3.05, 3.63) is 59.0 Å². The van der Waals surface area contributed by atoms with Crippen molar-refractivity contribution in [1.29, 1.82) is 0 Å². The van der Waals surface area contributed by atoms with Crippen LogP contribution in [0.1, 0.15) is 26.7 Å². The summed E-state index contributed by atoms with van der Waals surface area (Å²) in [4.78, 5) is 25.0. The molecule has 0 spiro atoms. The van der Waals surface area contributed by atoms with Crippen LogP contribution in [-0.2, 0) is 11.3 Å². The molecule has 0 radical (unpaired) electrons. The first-order valence-electron chi connectivity index (χ1n) is 9.76. The molecule has 3 rings (SSSR count). The predicted octanol–water partition coefficient (Wildman–Crippen LogP) is 3.61. The number of ether oxygens (including phenoxy) is 2. The zero-order chi connectivity index (χ0) is 20.6. The maximum Gasteiger partial charge on any atom is 0.275 e. The zero-order valence-corrected chi connectivity index (χ0v) is 16.7. The molecule has 0 aliphatic carbocycles. The highest BCUT2D eigenvalue weighted by atomic mass is 16.5. The van der Waals surface area contributed by atoms with Gasteiger partial charge in [0.15, 0.2) is 11.5 Å². The van der Waals surface area contributed by atoms with E-state index in [1.54, 1.807) is 36.5 Å². The number of anilines is 1. The molecule has 1 heterocycles. The number of carbonyl (C=O) groups excluding carboxylic acids is 1. The molecule has 1 amide bonds. The molecular weight excluding hydrogens is 370 g/mol. The quantitative estimate of drug-likeness (QED) is 0.598. The van der Waals surface area contributed by atoms with E-state index >= 15 is 0 Å². The molecule has 0 saturated carbocycles. The number of rotatable bonds is 9. The minimum absolute atomic E-state index is 0.178. The van der Waals surface area contributed by atoms with Crippen LogP contribution < -0.4 is 20.3 Å². The molecule has 3 aromatic rings. The van der Waals surface area contributed by atoms with Crippen molar-refractivity contribution in [2.75, 3.05) is 18.5 Å². The minimum atomic E-state index is -0.349. The van der Waals surface area contributed by atoms with Crippen LogP contribution in [0.4, 0.5) is 5.69 Å². The standard InChI is InChI=1S/C22H25N3O4/c1-3-11-28-19-10-9-17(13-20(19)29-12-4-2)24-21(26)15-25-22(27)18-8-6-5-7-16(18)14-23-25/h5-10,13-14H,3-4,11-12,15H2,1-2H3,(H,24,26). The lowest BCUT2D eigenvalue weighted by Crippen LogP contribution is -2.29. The molecule has 0 aliphatic heterocycles. The summed E-state index contributed by atoms with van der Waals surface area (Å²) < 4.78 is 12.6. The Bertz CT molecular complexity index is 1050. The Morgan fingerprint density at radius 3 is 2.52 bits per heavy atom. The first kappa shape index (κ1) is 20.4. The van der Waals surface area contributed by atoms with Gasteiger partial charge < -0.3 is 14.8 Å². The second-order valence-electron chi connectivity index (χ2n) is 6.60. The number of hydrogen-bond acceptors (Lipinski definition) is 5. The van der Waals surface area contributed by atoms with Crippen LogP contribution in [0.2, 0.25) is 0 Å². The van der Waals surface area contributed by atoms with E-state index in [4.69, 9.17) is 9.47 Å². The van der Waals surface area contributed by atoms with Crippen LogP contribution in [0.15, 0.2) is 53.5 Å². The van der Waals surface area contributed by atoms with Gasteiger partial charge in [0, 0.05) is 17.1 Å². The maximum atomic E-state index is 12.5. The van der Waals surface area contributed by atoms with Crippen molar-refractivity contribution in [3.63, 3.8) is 0 Å². The van der Waals surface area contributed by atoms with E-state index in [0.29, 0.717) is 35.8 Å². The monoisotopic (exact) mass is 395 g/mol. The van der Waals surface area contributed by atoms with Crippen molar-refractivity contribution in [1.82, 2.24) is 9.78 Å². The fraction of sp³-hybridized carbons (Fsp3) is 0.318. The number of carbonyl (C=O) groups is 1. The molecule has 0 atom stereocenters. The van der Waals surface area contributed by atoms with Crippen molar-refractivity contribution < 1.29 is 14.3 Å². The third-order valence-electron chi connectivity index (χ3n) is 4.21. The molecule has 7 nitrogen and oxygen atoms in total. The van der Waals surface area contributed by atoms with Crippen molar-refractivity contribution >= 4 is 22.4 Å². The minimum Gasteiger partial charge on any atom is -0.490 e. The normalized spacial score (nSPS) is 10.7. The summed E-state index contributed by atoms with van der Waals surface area (Å²) in [6.45, 7) is 5.01.